The number of Topliss-reactive ketones (excluding diaryl/α,β-unsaturated/α-hetero) is 2. The topological polar surface area (TPSA) is 94.9 Å². The molecule has 0 N–H and O–H groups in total. The normalized spacial score (nSPS) is 10.7. The predicted molar refractivity (Wildman–Crippen MR) is 226 cm³/mol. The Bertz CT molecular complexity index is 2120. The Morgan fingerprint density at radius 3 is 1.42 bits per heavy atom. The minimum Gasteiger partial charge on any atom is -0.481 e. The second-order valence-corrected chi connectivity index (χ2v) is 14.9. The molecule has 0 saturated carbocycles. The summed E-state index contributed by atoms with van der Waals surface area (Å²) < 4.78 is 5.35. The van der Waals surface area contributed by atoms with E-state index in [0.29, 0.717) is 58.6 Å². The van der Waals surface area contributed by atoms with Crippen molar-refractivity contribution in [1.82, 2.24) is 19.9 Å². The van der Waals surface area contributed by atoms with E-state index in [1.807, 2.05) is 80.6 Å². The van der Waals surface area contributed by atoms with Crippen LogP contribution in [0.2, 0.25) is 5.15 Å². The van der Waals surface area contributed by atoms with Crippen molar-refractivity contribution in [3.05, 3.63) is 149 Å². The zero-order valence-corrected chi connectivity index (χ0v) is 33.8. The molecule has 0 atom stereocenters. The first-order valence-electron chi connectivity index (χ1n) is 18.3. The molecule has 0 unspecified atom stereocenters. The van der Waals surface area contributed by atoms with Gasteiger partial charge >= 0.3 is 0 Å². The molecule has 0 fully saturated rings. The van der Waals surface area contributed by atoms with Crippen LogP contribution in [0.25, 0.3) is 22.5 Å². The summed E-state index contributed by atoms with van der Waals surface area (Å²) in [4.78, 5) is 41.0. The molecule has 0 saturated heterocycles. The number of hydrogen-bond donors (Lipinski definition) is 0. The molecule has 2 heterocycles. The van der Waals surface area contributed by atoms with Gasteiger partial charge in [-0.15, -0.1) is 0 Å². The SMILES string of the molecule is CCC(=O)CCc1ccc(CSc2nc(Cl)cc(-c3ccccc3)n2)cc1.CCC(=O)CCc1ccc(CSc2nc(OC)cc(-c3ccccc3)n2)cc1. The maximum Gasteiger partial charge on any atom is 0.217 e. The predicted octanol–water partition coefficient (Wildman–Crippen LogP) is 11.4. The van der Waals surface area contributed by atoms with E-state index in [1.165, 1.54) is 22.3 Å². The summed E-state index contributed by atoms with van der Waals surface area (Å²) in [5.41, 5.74) is 8.51. The molecule has 0 spiro atoms. The fraction of sp³-hybridized carbons (Fsp3) is 0.244. The summed E-state index contributed by atoms with van der Waals surface area (Å²) in [5.74, 6) is 2.72. The third-order valence-corrected chi connectivity index (χ3v) is 10.7. The van der Waals surface area contributed by atoms with Gasteiger partial charge in [-0.25, -0.2) is 15.0 Å². The van der Waals surface area contributed by atoms with Gasteiger partial charge in [-0.2, -0.15) is 4.98 Å². The molecular formula is C45H45ClN4O3S2. The lowest BCUT2D eigenvalue weighted by atomic mass is 10.1. The molecule has 0 bridgehead atoms. The lowest BCUT2D eigenvalue weighted by molar-refractivity contribution is -0.119. The zero-order chi connectivity index (χ0) is 38.8. The molecule has 7 nitrogen and oxygen atoms in total. The average Bonchev–Trinajstić information content (AvgIpc) is 3.24. The maximum atomic E-state index is 11.5. The van der Waals surface area contributed by atoms with Crippen LogP contribution in [0.15, 0.2) is 132 Å². The molecule has 6 rings (SSSR count). The van der Waals surface area contributed by atoms with Gasteiger partial charge in [-0.05, 0) is 35.1 Å². The second-order valence-electron chi connectivity index (χ2n) is 12.7. The first-order chi connectivity index (χ1) is 26.8. The summed E-state index contributed by atoms with van der Waals surface area (Å²) in [5, 5.41) is 1.80. The number of aryl methyl sites for hydroxylation is 2. The number of carbonyl (C=O) groups is 2. The van der Waals surface area contributed by atoms with Crippen LogP contribution in [0.1, 0.15) is 61.8 Å². The minimum absolute atomic E-state index is 0.307. The van der Waals surface area contributed by atoms with E-state index in [1.54, 1.807) is 36.7 Å². The van der Waals surface area contributed by atoms with Crippen LogP contribution < -0.4 is 4.74 Å². The van der Waals surface area contributed by atoms with Gasteiger partial charge in [0, 0.05) is 60.4 Å². The van der Waals surface area contributed by atoms with E-state index in [-0.39, 0.29) is 0 Å². The first kappa shape index (κ1) is 41.3. The Balaban J connectivity index is 0.000000211. The Kier molecular flexibility index (Phi) is 16.5. The van der Waals surface area contributed by atoms with Gasteiger partial charge in [0.2, 0.25) is 5.88 Å². The fourth-order valence-corrected chi connectivity index (χ4v) is 7.22. The van der Waals surface area contributed by atoms with Crippen molar-refractivity contribution >= 4 is 46.7 Å². The first-order valence-corrected chi connectivity index (χ1v) is 20.7. The van der Waals surface area contributed by atoms with Gasteiger partial charge in [0.15, 0.2) is 10.3 Å². The van der Waals surface area contributed by atoms with Crippen molar-refractivity contribution in [2.24, 2.45) is 0 Å². The van der Waals surface area contributed by atoms with Crippen molar-refractivity contribution in [1.29, 1.82) is 0 Å². The standard InChI is InChI=1S/C23H24N2O2S.C22H21ClN2OS/c1-3-20(26)14-13-17-9-11-18(12-10-17)16-28-23-24-21(15-22(25-23)27-2)19-7-5-4-6-8-19;1-2-19(26)13-12-16-8-10-17(11-9-16)15-27-22-24-20(14-21(23)25-22)18-6-4-3-5-7-18/h4-12,15H,3,13-14,16H2,1-2H3;3-11,14H,2,12-13,15H2,1H3. The largest absolute Gasteiger partial charge is 0.481 e. The number of aromatic nitrogens is 4. The molecule has 4 aromatic carbocycles. The smallest absolute Gasteiger partial charge is 0.217 e. The number of benzene rings is 4. The molecular weight excluding hydrogens is 744 g/mol. The van der Waals surface area contributed by atoms with E-state index in [0.717, 1.165) is 46.9 Å². The molecule has 0 amide bonds. The molecule has 0 aliphatic rings. The quantitative estimate of drug-likeness (QED) is 0.0508. The van der Waals surface area contributed by atoms with Crippen molar-refractivity contribution < 1.29 is 14.3 Å². The molecule has 2 aromatic heterocycles. The number of rotatable bonds is 17. The molecule has 0 aliphatic carbocycles. The van der Waals surface area contributed by atoms with Gasteiger partial charge in [-0.3, -0.25) is 9.59 Å². The minimum atomic E-state index is 0.307. The highest BCUT2D eigenvalue weighted by Crippen LogP contribution is 2.28. The Labute approximate surface area is 337 Å². The Morgan fingerprint density at radius 2 is 0.982 bits per heavy atom. The highest BCUT2D eigenvalue weighted by molar-refractivity contribution is 7.98. The summed E-state index contributed by atoms with van der Waals surface area (Å²) >= 11 is 9.33. The zero-order valence-electron chi connectivity index (χ0n) is 31.4. The number of thioether (sulfide) groups is 2. The number of halogens is 1. The van der Waals surface area contributed by atoms with Crippen LogP contribution in [0.4, 0.5) is 0 Å². The third kappa shape index (κ3) is 13.8. The van der Waals surface area contributed by atoms with E-state index in [4.69, 9.17) is 16.3 Å². The summed E-state index contributed by atoms with van der Waals surface area (Å²) in [6.45, 7) is 3.82. The van der Waals surface area contributed by atoms with Crippen LogP contribution in [-0.4, -0.2) is 38.6 Å². The van der Waals surface area contributed by atoms with Crippen LogP contribution >= 0.6 is 35.1 Å². The monoisotopic (exact) mass is 788 g/mol. The summed E-state index contributed by atoms with van der Waals surface area (Å²) in [6.07, 6.45) is 4.06. The van der Waals surface area contributed by atoms with E-state index < -0.39 is 0 Å². The number of ketones is 2. The van der Waals surface area contributed by atoms with Gasteiger partial charge in [0.1, 0.15) is 16.7 Å². The highest BCUT2D eigenvalue weighted by Gasteiger charge is 2.10. The highest BCUT2D eigenvalue weighted by atomic mass is 35.5. The van der Waals surface area contributed by atoms with Crippen molar-refractivity contribution in [2.45, 2.75) is 74.2 Å². The van der Waals surface area contributed by atoms with Gasteiger partial charge in [-0.1, -0.05) is 158 Å². The second kappa shape index (κ2) is 21.9. The van der Waals surface area contributed by atoms with Crippen LogP contribution in [0, 0.1) is 0 Å². The van der Waals surface area contributed by atoms with Gasteiger partial charge < -0.3 is 4.74 Å². The number of carbonyl (C=O) groups excluding carboxylic acids is 2. The number of methoxy groups -OCH3 is 1. The van der Waals surface area contributed by atoms with Crippen LogP contribution in [-0.2, 0) is 33.9 Å². The van der Waals surface area contributed by atoms with E-state index in [2.05, 4.69) is 68.5 Å². The fourth-order valence-electron chi connectivity index (χ4n) is 5.37. The molecule has 6 aromatic rings. The Morgan fingerprint density at radius 1 is 0.564 bits per heavy atom. The third-order valence-electron chi connectivity index (χ3n) is 8.66. The lowest BCUT2D eigenvalue weighted by Crippen LogP contribution is -1.98. The maximum absolute atomic E-state index is 11.5. The summed E-state index contributed by atoms with van der Waals surface area (Å²) in [7, 11) is 1.62. The molecule has 0 radical (unpaired) electrons. The van der Waals surface area contributed by atoms with E-state index in [9.17, 15) is 9.59 Å². The number of hydrogen-bond acceptors (Lipinski definition) is 9. The van der Waals surface area contributed by atoms with Crippen molar-refractivity contribution in [3.8, 4) is 28.4 Å². The van der Waals surface area contributed by atoms with Crippen LogP contribution in [0.3, 0.4) is 0 Å². The Hall–Kier alpha value is -4.83. The van der Waals surface area contributed by atoms with Crippen molar-refractivity contribution in [3.63, 3.8) is 0 Å². The lowest BCUT2D eigenvalue weighted by Gasteiger charge is -2.08. The average molecular weight is 789 g/mol. The number of nitrogens with zero attached hydrogens (tertiary/aromatic N) is 4. The summed E-state index contributed by atoms with van der Waals surface area (Å²) in [6, 6.07) is 40.4. The number of ether oxygens (including phenoxy) is 1. The molecule has 0 aliphatic heterocycles. The van der Waals surface area contributed by atoms with E-state index >= 15 is 0 Å². The molecule has 55 heavy (non-hydrogen) atoms. The molecule has 10 heteroatoms. The van der Waals surface area contributed by atoms with Crippen molar-refractivity contribution in [2.75, 3.05) is 7.11 Å². The molecule has 282 valence electrons. The van der Waals surface area contributed by atoms with Gasteiger partial charge in [0.05, 0.1) is 18.5 Å². The van der Waals surface area contributed by atoms with Crippen LogP contribution in [0.5, 0.6) is 5.88 Å². The van der Waals surface area contributed by atoms with Gasteiger partial charge in [0.25, 0.3) is 0 Å².